The third kappa shape index (κ3) is 5.35. The monoisotopic (exact) mass is 216 g/mol. The first-order valence-electron chi connectivity index (χ1n) is 5.76. The van der Waals surface area contributed by atoms with E-state index in [1.165, 1.54) is 12.6 Å². The van der Waals surface area contributed by atoms with Crippen LogP contribution in [0.3, 0.4) is 0 Å². The van der Waals surface area contributed by atoms with Gasteiger partial charge in [-0.25, -0.2) is 0 Å². The average Bonchev–Trinajstić information content (AvgIpc) is 1.95. The van der Waals surface area contributed by atoms with Crippen molar-refractivity contribution in [3.63, 3.8) is 0 Å². The molecule has 0 bridgehead atoms. The molecule has 0 aliphatic heterocycles. The van der Waals surface area contributed by atoms with E-state index in [0.29, 0.717) is 10.6 Å². The zero-order valence-corrected chi connectivity index (χ0v) is 12.3. The Kier molecular flexibility index (Phi) is 5.12. The average molecular weight is 216 g/mol. The van der Waals surface area contributed by atoms with Crippen molar-refractivity contribution in [1.29, 1.82) is 0 Å². The highest BCUT2D eigenvalue weighted by atomic mass is 31.1. The van der Waals surface area contributed by atoms with Crippen LogP contribution in [-0.2, 0) is 0 Å². The zero-order valence-electron chi connectivity index (χ0n) is 11.4. The predicted octanol–water partition coefficient (Wildman–Crippen LogP) is 4.97. The maximum atomic E-state index is 2.45. The molecule has 0 aromatic carbocycles. The van der Waals surface area contributed by atoms with Gasteiger partial charge in [0.1, 0.15) is 0 Å². The Morgan fingerprint density at radius 3 is 1.71 bits per heavy atom. The van der Waals surface area contributed by atoms with Crippen LogP contribution in [0.15, 0.2) is 0 Å². The third-order valence-electron chi connectivity index (χ3n) is 3.52. The second-order valence-corrected chi connectivity index (χ2v) is 9.83. The van der Waals surface area contributed by atoms with Crippen LogP contribution in [0.4, 0.5) is 0 Å². The van der Waals surface area contributed by atoms with Gasteiger partial charge in [0, 0.05) is 0 Å². The van der Waals surface area contributed by atoms with Crippen LogP contribution in [0, 0.1) is 11.3 Å². The van der Waals surface area contributed by atoms with Gasteiger partial charge < -0.3 is 0 Å². The summed E-state index contributed by atoms with van der Waals surface area (Å²) in [6.45, 7) is 19.0. The van der Waals surface area contributed by atoms with E-state index >= 15 is 0 Å². The number of hydrogen-bond acceptors (Lipinski definition) is 0. The lowest BCUT2D eigenvalue weighted by Crippen LogP contribution is -2.20. The van der Waals surface area contributed by atoms with E-state index in [1.54, 1.807) is 0 Å². The van der Waals surface area contributed by atoms with E-state index in [-0.39, 0.29) is 7.92 Å². The minimum absolute atomic E-state index is 0.199. The molecule has 0 saturated heterocycles. The predicted molar refractivity (Wildman–Crippen MR) is 70.7 cm³/mol. The van der Waals surface area contributed by atoms with Gasteiger partial charge >= 0.3 is 0 Å². The van der Waals surface area contributed by atoms with Gasteiger partial charge in [-0.15, -0.1) is 7.92 Å². The smallest absolute Gasteiger partial charge is 0.0182 e. The SMILES string of the molecule is CC(CCP(C)C(C)(C)C)C(C)(C)C. The number of rotatable bonds is 3. The Morgan fingerprint density at radius 1 is 1.00 bits per heavy atom. The molecule has 0 aromatic rings. The highest BCUT2D eigenvalue weighted by Gasteiger charge is 2.23. The fourth-order valence-corrected chi connectivity index (χ4v) is 2.60. The lowest BCUT2D eigenvalue weighted by molar-refractivity contribution is 0.255. The lowest BCUT2D eigenvalue weighted by atomic mass is 9.81. The largest absolute Gasteiger partial charge is 0.104 e. The van der Waals surface area contributed by atoms with E-state index < -0.39 is 0 Å². The molecule has 86 valence electrons. The van der Waals surface area contributed by atoms with E-state index in [9.17, 15) is 0 Å². The molecule has 0 spiro atoms. The van der Waals surface area contributed by atoms with Crippen LogP contribution < -0.4 is 0 Å². The molecule has 0 aliphatic rings. The molecule has 14 heavy (non-hydrogen) atoms. The fourth-order valence-electron chi connectivity index (χ4n) is 1.16. The standard InChI is InChI=1S/C13H29P/c1-11(12(2,3)4)9-10-14(8)13(5,6)7/h11H,9-10H2,1-8H3. The summed E-state index contributed by atoms with van der Waals surface area (Å²) in [6.07, 6.45) is 2.82. The van der Waals surface area contributed by atoms with Crippen molar-refractivity contribution in [1.82, 2.24) is 0 Å². The van der Waals surface area contributed by atoms with Gasteiger partial charge in [-0.05, 0) is 35.7 Å². The maximum absolute atomic E-state index is 2.45. The van der Waals surface area contributed by atoms with Gasteiger partial charge in [0.05, 0.1) is 0 Å². The van der Waals surface area contributed by atoms with Gasteiger partial charge in [0.25, 0.3) is 0 Å². The molecular formula is C13H29P. The van der Waals surface area contributed by atoms with Crippen LogP contribution in [0.25, 0.3) is 0 Å². The summed E-state index contributed by atoms with van der Waals surface area (Å²) >= 11 is 0. The van der Waals surface area contributed by atoms with E-state index in [2.05, 4.69) is 55.1 Å². The van der Waals surface area contributed by atoms with E-state index in [4.69, 9.17) is 0 Å². The van der Waals surface area contributed by atoms with Crippen LogP contribution >= 0.6 is 7.92 Å². The van der Waals surface area contributed by atoms with Crippen LogP contribution in [0.1, 0.15) is 54.9 Å². The molecule has 0 nitrogen and oxygen atoms in total. The maximum Gasteiger partial charge on any atom is -0.0182 e. The first-order chi connectivity index (χ1) is 6.05. The van der Waals surface area contributed by atoms with E-state index in [1.807, 2.05) is 0 Å². The Hall–Kier alpha value is 0.430. The van der Waals surface area contributed by atoms with Crippen LogP contribution in [-0.4, -0.2) is 18.0 Å². The Labute approximate surface area is 92.6 Å². The molecule has 0 saturated carbocycles. The molecule has 2 unspecified atom stereocenters. The quantitative estimate of drug-likeness (QED) is 0.584. The zero-order chi connectivity index (χ0) is 11.6. The van der Waals surface area contributed by atoms with Crippen molar-refractivity contribution in [2.45, 2.75) is 60.0 Å². The van der Waals surface area contributed by atoms with Gasteiger partial charge in [-0.1, -0.05) is 48.5 Å². The van der Waals surface area contributed by atoms with E-state index in [0.717, 1.165) is 5.92 Å². The van der Waals surface area contributed by atoms with Gasteiger partial charge in [-0.3, -0.25) is 0 Å². The molecule has 0 aromatic heterocycles. The summed E-state index contributed by atoms with van der Waals surface area (Å²) in [7, 11) is 0.199. The molecule has 0 N–H and O–H groups in total. The summed E-state index contributed by atoms with van der Waals surface area (Å²) in [5.41, 5.74) is 0.480. The molecule has 0 radical (unpaired) electrons. The third-order valence-corrected chi connectivity index (χ3v) is 6.74. The van der Waals surface area contributed by atoms with Crippen molar-refractivity contribution >= 4 is 7.92 Å². The molecular weight excluding hydrogens is 187 g/mol. The van der Waals surface area contributed by atoms with Crippen LogP contribution in [0.5, 0.6) is 0 Å². The highest BCUT2D eigenvalue weighted by molar-refractivity contribution is 7.58. The lowest BCUT2D eigenvalue weighted by Gasteiger charge is -2.32. The summed E-state index contributed by atoms with van der Waals surface area (Å²) in [5.74, 6) is 0.842. The van der Waals surface area contributed by atoms with Crippen molar-refractivity contribution in [3.8, 4) is 0 Å². The summed E-state index contributed by atoms with van der Waals surface area (Å²) in [4.78, 5) is 0. The van der Waals surface area contributed by atoms with Gasteiger partial charge in [-0.2, -0.15) is 0 Å². The first kappa shape index (κ1) is 14.4. The Bertz CT molecular complexity index is 139. The van der Waals surface area contributed by atoms with Crippen LogP contribution in [0.2, 0.25) is 0 Å². The van der Waals surface area contributed by atoms with Crippen molar-refractivity contribution in [2.75, 3.05) is 12.8 Å². The molecule has 0 aliphatic carbocycles. The molecule has 0 fully saturated rings. The number of hydrogen-bond donors (Lipinski definition) is 0. The summed E-state index contributed by atoms with van der Waals surface area (Å²) in [5, 5.41) is 0.535. The van der Waals surface area contributed by atoms with Crippen molar-refractivity contribution in [3.05, 3.63) is 0 Å². The molecule has 2 atom stereocenters. The Morgan fingerprint density at radius 2 is 1.43 bits per heavy atom. The topological polar surface area (TPSA) is 0 Å². The normalized spacial score (nSPS) is 18.0. The molecule has 0 heterocycles. The highest BCUT2D eigenvalue weighted by Crippen LogP contribution is 2.47. The van der Waals surface area contributed by atoms with Gasteiger partial charge in [0.15, 0.2) is 0 Å². The second kappa shape index (κ2) is 4.97. The second-order valence-electron chi connectivity index (χ2n) is 6.65. The van der Waals surface area contributed by atoms with Gasteiger partial charge in [0.2, 0.25) is 0 Å². The minimum atomic E-state index is 0.199. The minimum Gasteiger partial charge on any atom is -0.104 e. The molecule has 0 rings (SSSR count). The summed E-state index contributed by atoms with van der Waals surface area (Å²) in [6, 6.07) is 0. The van der Waals surface area contributed by atoms with Crippen molar-refractivity contribution in [2.24, 2.45) is 11.3 Å². The first-order valence-corrected chi connectivity index (χ1v) is 7.74. The Balaban J connectivity index is 3.96. The molecule has 0 amide bonds. The van der Waals surface area contributed by atoms with Crippen molar-refractivity contribution < 1.29 is 0 Å². The molecule has 1 heteroatoms. The summed E-state index contributed by atoms with van der Waals surface area (Å²) < 4.78 is 0. The fraction of sp³-hybridized carbons (Fsp3) is 1.00.